The first-order valence-electron chi connectivity index (χ1n) is 7.27. The van der Waals surface area contributed by atoms with Gasteiger partial charge < -0.3 is 10.5 Å². The Hall–Kier alpha value is -1.80. The van der Waals surface area contributed by atoms with Gasteiger partial charge in [0.1, 0.15) is 11.9 Å². The van der Waals surface area contributed by atoms with Gasteiger partial charge in [-0.05, 0) is 43.0 Å². The normalized spacial score (nSPS) is 18.4. The number of benzene rings is 2. The molecule has 2 unspecified atom stereocenters. The number of hydrogen-bond acceptors (Lipinski definition) is 2. The molecule has 1 heterocycles. The Labute approximate surface area is 120 Å². The van der Waals surface area contributed by atoms with Crippen LogP contribution in [0.15, 0.2) is 48.5 Å². The molecule has 1 aliphatic heterocycles. The van der Waals surface area contributed by atoms with E-state index in [1.165, 1.54) is 16.7 Å². The monoisotopic (exact) mass is 267 g/mol. The number of aryl methyl sites for hydroxylation is 1. The molecule has 0 aromatic heterocycles. The molecule has 104 valence electrons. The standard InChI is InChI=1S/C18H21NO/c1-13-5-4-7-14(9-13)16(12-19)11-17-10-15-6-2-3-8-18(15)20-17/h2-9,16-17H,10-12,19H2,1H3. The summed E-state index contributed by atoms with van der Waals surface area (Å²) in [6.45, 7) is 2.79. The summed E-state index contributed by atoms with van der Waals surface area (Å²) in [6.07, 6.45) is 2.23. The van der Waals surface area contributed by atoms with Crippen LogP contribution in [0.4, 0.5) is 0 Å². The van der Waals surface area contributed by atoms with Crippen LogP contribution in [-0.2, 0) is 6.42 Å². The zero-order chi connectivity index (χ0) is 13.9. The van der Waals surface area contributed by atoms with E-state index in [0.717, 1.165) is 18.6 Å². The van der Waals surface area contributed by atoms with E-state index < -0.39 is 0 Å². The summed E-state index contributed by atoms with van der Waals surface area (Å²) < 4.78 is 6.04. The minimum absolute atomic E-state index is 0.251. The maximum Gasteiger partial charge on any atom is 0.123 e. The van der Waals surface area contributed by atoms with Crippen molar-refractivity contribution in [2.24, 2.45) is 5.73 Å². The van der Waals surface area contributed by atoms with Gasteiger partial charge in [0.2, 0.25) is 0 Å². The number of rotatable bonds is 4. The van der Waals surface area contributed by atoms with Crippen LogP contribution >= 0.6 is 0 Å². The predicted octanol–water partition coefficient (Wildman–Crippen LogP) is 3.43. The van der Waals surface area contributed by atoms with Crippen LogP contribution in [0.2, 0.25) is 0 Å². The minimum atomic E-state index is 0.251. The predicted molar refractivity (Wildman–Crippen MR) is 82.2 cm³/mol. The Balaban J connectivity index is 1.71. The Morgan fingerprint density at radius 2 is 2.05 bits per heavy atom. The zero-order valence-corrected chi connectivity index (χ0v) is 11.9. The summed E-state index contributed by atoms with van der Waals surface area (Å²) in [6, 6.07) is 17.0. The molecule has 0 saturated heterocycles. The second-order valence-electron chi connectivity index (χ2n) is 5.63. The lowest BCUT2D eigenvalue weighted by atomic mass is 9.91. The summed E-state index contributed by atoms with van der Waals surface area (Å²) in [7, 11) is 0. The molecule has 2 heteroatoms. The molecular formula is C18H21NO. The Morgan fingerprint density at radius 1 is 1.20 bits per heavy atom. The summed E-state index contributed by atoms with van der Waals surface area (Å²) in [4.78, 5) is 0. The first-order valence-corrected chi connectivity index (χ1v) is 7.27. The van der Waals surface area contributed by atoms with Gasteiger partial charge in [-0.1, -0.05) is 48.0 Å². The Morgan fingerprint density at radius 3 is 2.80 bits per heavy atom. The maximum atomic E-state index is 6.04. The Bertz CT molecular complexity index is 568. The maximum absolute atomic E-state index is 6.04. The smallest absolute Gasteiger partial charge is 0.123 e. The topological polar surface area (TPSA) is 35.2 Å². The van der Waals surface area contributed by atoms with Crippen LogP contribution in [-0.4, -0.2) is 12.6 Å². The third kappa shape index (κ3) is 2.70. The third-order valence-corrected chi connectivity index (χ3v) is 4.06. The Kier molecular flexibility index (Phi) is 3.75. The van der Waals surface area contributed by atoms with Gasteiger partial charge in [-0.15, -0.1) is 0 Å². The van der Waals surface area contributed by atoms with Crippen LogP contribution in [0.3, 0.4) is 0 Å². The highest BCUT2D eigenvalue weighted by Gasteiger charge is 2.25. The average molecular weight is 267 g/mol. The highest BCUT2D eigenvalue weighted by Crippen LogP contribution is 2.33. The van der Waals surface area contributed by atoms with Gasteiger partial charge in [-0.3, -0.25) is 0 Å². The van der Waals surface area contributed by atoms with Gasteiger partial charge in [-0.2, -0.15) is 0 Å². The number of nitrogens with two attached hydrogens (primary N) is 1. The van der Waals surface area contributed by atoms with Gasteiger partial charge in [-0.25, -0.2) is 0 Å². The number of fused-ring (bicyclic) bond motifs is 1. The molecule has 0 fully saturated rings. The first-order chi connectivity index (χ1) is 9.76. The lowest BCUT2D eigenvalue weighted by Crippen LogP contribution is -2.22. The average Bonchev–Trinajstić information content (AvgIpc) is 2.87. The molecule has 0 radical (unpaired) electrons. The molecule has 20 heavy (non-hydrogen) atoms. The second kappa shape index (κ2) is 5.68. The van der Waals surface area contributed by atoms with Crippen molar-refractivity contribution in [3.8, 4) is 5.75 Å². The fraction of sp³-hybridized carbons (Fsp3) is 0.333. The molecule has 0 spiro atoms. The molecule has 1 aliphatic rings. The van der Waals surface area contributed by atoms with Gasteiger partial charge in [0, 0.05) is 6.42 Å². The van der Waals surface area contributed by atoms with Crippen molar-refractivity contribution in [3.63, 3.8) is 0 Å². The highest BCUT2D eigenvalue weighted by molar-refractivity contribution is 5.37. The molecule has 3 rings (SSSR count). The van der Waals surface area contributed by atoms with E-state index in [0.29, 0.717) is 12.5 Å². The molecule has 0 bridgehead atoms. The third-order valence-electron chi connectivity index (χ3n) is 4.06. The van der Waals surface area contributed by atoms with E-state index in [1.807, 2.05) is 6.07 Å². The molecule has 0 aliphatic carbocycles. The van der Waals surface area contributed by atoms with Crippen LogP contribution in [0.1, 0.15) is 29.0 Å². The molecule has 0 saturated carbocycles. The highest BCUT2D eigenvalue weighted by atomic mass is 16.5. The molecule has 2 N–H and O–H groups in total. The molecule has 0 amide bonds. The second-order valence-corrected chi connectivity index (χ2v) is 5.63. The SMILES string of the molecule is Cc1cccc(C(CN)CC2Cc3ccccc3O2)c1. The van der Waals surface area contributed by atoms with Crippen molar-refractivity contribution in [2.75, 3.05) is 6.54 Å². The van der Waals surface area contributed by atoms with Crippen molar-refractivity contribution in [3.05, 3.63) is 65.2 Å². The lowest BCUT2D eigenvalue weighted by molar-refractivity contribution is 0.210. The van der Waals surface area contributed by atoms with Crippen molar-refractivity contribution >= 4 is 0 Å². The number of ether oxygens (including phenoxy) is 1. The summed E-state index contributed by atoms with van der Waals surface area (Å²) >= 11 is 0. The van der Waals surface area contributed by atoms with Gasteiger partial charge in [0.05, 0.1) is 0 Å². The number of para-hydroxylation sites is 1. The molecule has 2 aromatic rings. The lowest BCUT2D eigenvalue weighted by Gasteiger charge is -2.20. The summed E-state index contributed by atoms with van der Waals surface area (Å²) in [5.74, 6) is 1.41. The van der Waals surface area contributed by atoms with Crippen molar-refractivity contribution in [1.82, 2.24) is 0 Å². The van der Waals surface area contributed by atoms with E-state index in [2.05, 4.69) is 49.4 Å². The largest absolute Gasteiger partial charge is 0.490 e. The summed E-state index contributed by atoms with van der Waals surface area (Å²) in [5.41, 5.74) is 9.91. The van der Waals surface area contributed by atoms with E-state index >= 15 is 0 Å². The minimum Gasteiger partial charge on any atom is -0.490 e. The fourth-order valence-electron chi connectivity index (χ4n) is 3.00. The summed E-state index contributed by atoms with van der Waals surface area (Å²) in [5, 5.41) is 0. The van der Waals surface area contributed by atoms with Crippen LogP contribution in [0, 0.1) is 6.92 Å². The van der Waals surface area contributed by atoms with E-state index in [4.69, 9.17) is 10.5 Å². The zero-order valence-electron chi connectivity index (χ0n) is 11.9. The van der Waals surface area contributed by atoms with Crippen molar-refractivity contribution < 1.29 is 4.74 Å². The quantitative estimate of drug-likeness (QED) is 0.921. The molecule has 2 aromatic carbocycles. The van der Waals surface area contributed by atoms with E-state index in [1.54, 1.807) is 0 Å². The van der Waals surface area contributed by atoms with Crippen molar-refractivity contribution in [1.29, 1.82) is 0 Å². The van der Waals surface area contributed by atoms with Crippen LogP contribution in [0.25, 0.3) is 0 Å². The van der Waals surface area contributed by atoms with E-state index in [9.17, 15) is 0 Å². The van der Waals surface area contributed by atoms with E-state index in [-0.39, 0.29) is 6.10 Å². The van der Waals surface area contributed by atoms with Crippen LogP contribution < -0.4 is 10.5 Å². The first kappa shape index (κ1) is 13.2. The van der Waals surface area contributed by atoms with Gasteiger partial charge >= 0.3 is 0 Å². The molecular weight excluding hydrogens is 246 g/mol. The van der Waals surface area contributed by atoms with Gasteiger partial charge in [0.25, 0.3) is 0 Å². The fourth-order valence-corrected chi connectivity index (χ4v) is 3.00. The molecule has 2 nitrogen and oxygen atoms in total. The van der Waals surface area contributed by atoms with Gasteiger partial charge in [0.15, 0.2) is 0 Å². The molecule has 2 atom stereocenters. The van der Waals surface area contributed by atoms with Crippen molar-refractivity contribution in [2.45, 2.75) is 31.8 Å². The van der Waals surface area contributed by atoms with Crippen LogP contribution in [0.5, 0.6) is 5.75 Å². The number of hydrogen-bond donors (Lipinski definition) is 1.